The highest BCUT2D eigenvalue weighted by atomic mass is 127. The first-order chi connectivity index (χ1) is 10.7. The molecule has 1 heterocycles. The Morgan fingerprint density at radius 3 is 2.96 bits per heavy atom. The van der Waals surface area contributed by atoms with Crippen LogP contribution < -0.4 is 10.6 Å². The molecule has 0 amide bonds. The fourth-order valence-electron chi connectivity index (χ4n) is 2.79. The van der Waals surface area contributed by atoms with Gasteiger partial charge in [-0.05, 0) is 31.9 Å². The Balaban J connectivity index is 0.00000264. The van der Waals surface area contributed by atoms with Crippen molar-refractivity contribution in [2.75, 3.05) is 19.8 Å². The average molecular weight is 468 g/mol. The van der Waals surface area contributed by atoms with Gasteiger partial charge in [0.05, 0.1) is 5.01 Å². The number of rotatable bonds is 6. The minimum Gasteiger partial charge on any atom is -0.356 e. The molecular formula is C16H29IN4S2. The largest absolute Gasteiger partial charge is 0.356 e. The lowest BCUT2D eigenvalue weighted by Gasteiger charge is -2.29. The Kier molecular flexibility index (Phi) is 10.5. The van der Waals surface area contributed by atoms with Crippen LogP contribution in [0.5, 0.6) is 0 Å². The van der Waals surface area contributed by atoms with Crippen LogP contribution in [0.3, 0.4) is 0 Å². The number of thiazole rings is 1. The van der Waals surface area contributed by atoms with Crippen LogP contribution in [0, 0.1) is 0 Å². The van der Waals surface area contributed by atoms with Gasteiger partial charge >= 0.3 is 0 Å². The van der Waals surface area contributed by atoms with Gasteiger partial charge in [0.1, 0.15) is 0 Å². The number of aryl methyl sites for hydroxylation is 1. The van der Waals surface area contributed by atoms with E-state index in [1.54, 1.807) is 0 Å². The molecule has 7 heteroatoms. The summed E-state index contributed by atoms with van der Waals surface area (Å²) in [4.78, 5) is 10.2. The number of nitrogens with one attached hydrogen (secondary N) is 2. The van der Waals surface area contributed by atoms with E-state index in [9.17, 15) is 0 Å². The van der Waals surface area contributed by atoms with Gasteiger partial charge in [-0.25, -0.2) is 4.98 Å². The van der Waals surface area contributed by atoms with Crippen LogP contribution in [0.2, 0.25) is 0 Å². The monoisotopic (exact) mass is 468 g/mol. The molecule has 0 radical (unpaired) electrons. The smallest absolute Gasteiger partial charge is 0.191 e. The van der Waals surface area contributed by atoms with E-state index in [0.717, 1.165) is 30.6 Å². The third kappa shape index (κ3) is 7.17. The molecule has 132 valence electrons. The second-order valence-corrected chi connectivity index (χ2v) is 8.03. The summed E-state index contributed by atoms with van der Waals surface area (Å²) in [6.45, 7) is 3.06. The van der Waals surface area contributed by atoms with Crippen molar-refractivity contribution in [2.24, 2.45) is 4.99 Å². The Morgan fingerprint density at radius 1 is 1.48 bits per heavy atom. The summed E-state index contributed by atoms with van der Waals surface area (Å²) < 4.78 is 0. The molecule has 0 aromatic carbocycles. The summed E-state index contributed by atoms with van der Waals surface area (Å²) in [6, 6.07) is 0.559. The molecule has 2 N–H and O–H groups in total. The minimum atomic E-state index is 0. The molecule has 0 spiro atoms. The molecule has 2 atom stereocenters. The number of thioether (sulfide) groups is 1. The van der Waals surface area contributed by atoms with Crippen molar-refractivity contribution in [3.8, 4) is 0 Å². The van der Waals surface area contributed by atoms with E-state index in [2.05, 4.69) is 33.8 Å². The molecule has 1 aliphatic rings. The third-order valence-corrected chi connectivity index (χ3v) is 6.40. The van der Waals surface area contributed by atoms with Gasteiger partial charge in [0, 0.05) is 42.4 Å². The molecule has 1 fully saturated rings. The van der Waals surface area contributed by atoms with E-state index in [4.69, 9.17) is 0 Å². The zero-order valence-corrected chi connectivity index (χ0v) is 18.3. The summed E-state index contributed by atoms with van der Waals surface area (Å²) in [5.74, 6) is 0.930. The van der Waals surface area contributed by atoms with Gasteiger partial charge in [0.2, 0.25) is 0 Å². The lowest BCUT2D eigenvalue weighted by molar-refractivity contribution is 0.419. The first-order valence-electron chi connectivity index (χ1n) is 8.18. The highest BCUT2D eigenvalue weighted by molar-refractivity contribution is 14.0. The summed E-state index contributed by atoms with van der Waals surface area (Å²) in [7, 11) is 1.85. The van der Waals surface area contributed by atoms with Gasteiger partial charge < -0.3 is 10.6 Å². The Labute approximate surface area is 165 Å². The molecule has 1 aromatic heterocycles. The summed E-state index contributed by atoms with van der Waals surface area (Å²) in [6.07, 6.45) is 11.4. The van der Waals surface area contributed by atoms with Crippen LogP contribution >= 0.6 is 47.1 Å². The number of nitrogens with zero attached hydrogens (tertiary/aromatic N) is 2. The molecule has 1 aliphatic carbocycles. The van der Waals surface area contributed by atoms with Crippen LogP contribution in [-0.4, -0.2) is 42.1 Å². The van der Waals surface area contributed by atoms with Gasteiger partial charge in [-0.15, -0.1) is 35.3 Å². The number of guanidine groups is 1. The van der Waals surface area contributed by atoms with E-state index in [0.29, 0.717) is 6.04 Å². The molecule has 4 nitrogen and oxygen atoms in total. The van der Waals surface area contributed by atoms with Crippen molar-refractivity contribution < 1.29 is 0 Å². The SMILES string of the molecule is CCc1cnc(CCNC(=NC)NC2CCCC(SC)C2)s1.I. The lowest BCUT2D eigenvalue weighted by Crippen LogP contribution is -2.46. The molecule has 2 rings (SSSR count). The maximum Gasteiger partial charge on any atom is 0.191 e. The third-order valence-electron chi connectivity index (χ3n) is 4.11. The maximum atomic E-state index is 4.46. The molecule has 1 aromatic rings. The quantitative estimate of drug-likeness (QED) is 0.380. The zero-order valence-electron chi connectivity index (χ0n) is 14.3. The van der Waals surface area contributed by atoms with Crippen molar-refractivity contribution in [3.05, 3.63) is 16.1 Å². The summed E-state index contributed by atoms with van der Waals surface area (Å²) >= 11 is 3.81. The zero-order chi connectivity index (χ0) is 15.8. The van der Waals surface area contributed by atoms with Gasteiger partial charge in [-0.1, -0.05) is 13.3 Å². The standard InChI is InChI=1S/C16H28N4S2.HI/c1-4-13-11-19-15(22-13)8-9-18-16(17-2)20-12-6-5-7-14(10-12)21-3;/h11-12,14H,4-10H2,1-3H3,(H2,17,18,20);1H. The normalized spacial score (nSPS) is 21.6. The highest BCUT2D eigenvalue weighted by Gasteiger charge is 2.21. The first kappa shape index (κ1) is 21.0. The number of hydrogen-bond donors (Lipinski definition) is 2. The van der Waals surface area contributed by atoms with Gasteiger partial charge in [0.15, 0.2) is 5.96 Å². The second kappa shape index (κ2) is 11.5. The molecular weight excluding hydrogens is 439 g/mol. The topological polar surface area (TPSA) is 49.3 Å². The predicted molar refractivity (Wildman–Crippen MR) is 115 cm³/mol. The van der Waals surface area contributed by atoms with Crippen molar-refractivity contribution >= 4 is 53.0 Å². The first-order valence-corrected chi connectivity index (χ1v) is 10.3. The van der Waals surface area contributed by atoms with Crippen LogP contribution in [-0.2, 0) is 12.8 Å². The van der Waals surface area contributed by atoms with Crippen LogP contribution in [0.15, 0.2) is 11.2 Å². The molecule has 2 unspecified atom stereocenters. The number of aliphatic imine (C=N–C) groups is 1. The second-order valence-electron chi connectivity index (χ2n) is 5.69. The van der Waals surface area contributed by atoms with E-state index in [1.807, 2.05) is 36.3 Å². The Hall–Kier alpha value is -0.0200. The number of hydrogen-bond acceptors (Lipinski definition) is 4. The Bertz CT molecular complexity index is 478. The van der Waals surface area contributed by atoms with Gasteiger partial charge in [-0.2, -0.15) is 11.8 Å². The lowest BCUT2D eigenvalue weighted by atomic mass is 9.95. The van der Waals surface area contributed by atoms with Crippen molar-refractivity contribution in [1.82, 2.24) is 15.6 Å². The van der Waals surface area contributed by atoms with Gasteiger partial charge in [-0.3, -0.25) is 4.99 Å². The highest BCUT2D eigenvalue weighted by Crippen LogP contribution is 2.26. The van der Waals surface area contributed by atoms with Crippen molar-refractivity contribution in [2.45, 2.75) is 56.7 Å². The summed E-state index contributed by atoms with van der Waals surface area (Å²) in [5.41, 5.74) is 0. The van der Waals surface area contributed by atoms with E-state index in [1.165, 1.54) is 35.6 Å². The van der Waals surface area contributed by atoms with Crippen molar-refractivity contribution in [1.29, 1.82) is 0 Å². The fraction of sp³-hybridized carbons (Fsp3) is 0.750. The minimum absolute atomic E-state index is 0. The maximum absolute atomic E-state index is 4.46. The van der Waals surface area contributed by atoms with E-state index < -0.39 is 0 Å². The Morgan fingerprint density at radius 2 is 2.30 bits per heavy atom. The van der Waals surface area contributed by atoms with Crippen LogP contribution in [0.1, 0.15) is 42.5 Å². The van der Waals surface area contributed by atoms with E-state index in [-0.39, 0.29) is 24.0 Å². The summed E-state index contributed by atoms with van der Waals surface area (Å²) in [5, 5.41) is 9.01. The molecule has 0 saturated heterocycles. The number of aromatic nitrogens is 1. The van der Waals surface area contributed by atoms with Crippen molar-refractivity contribution in [3.63, 3.8) is 0 Å². The fourth-order valence-corrected chi connectivity index (χ4v) is 4.48. The molecule has 23 heavy (non-hydrogen) atoms. The van der Waals surface area contributed by atoms with E-state index >= 15 is 0 Å². The van der Waals surface area contributed by atoms with Crippen LogP contribution in [0.25, 0.3) is 0 Å². The molecule has 0 aliphatic heterocycles. The van der Waals surface area contributed by atoms with Crippen LogP contribution in [0.4, 0.5) is 0 Å². The van der Waals surface area contributed by atoms with Gasteiger partial charge in [0.25, 0.3) is 0 Å². The molecule has 0 bridgehead atoms. The molecule has 1 saturated carbocycles. The average Bonchev–Trinajstić information content (AvgIpc) is 3.02. The number of halogens is 1. The predicted octanol–water partition coefficient (Wildman–Crippen LogP) is 3.71.